The lowest BCUT2D eigenvalue weighted by molar-refractivity contribution is -0.384. The van der Waals surface area contributed by atoms with Gasteiger partial charge in [-0.25, -0.2) is 4.79 Å². The van der Waals surface area contributed by atoms with E-state index in [2.05, 4.69) is 5.32 Å². The lowest BCUT2D eigenvalue weighted by atomic mass is 10.2. The van der Waals surface area contributed by atoms with E-state index in [4.69, 9.17) is 25.5 Å². The Morgan fingerprint density at radius 1 is 1.16 bits per heavy atom. The molecule has 1 aromatic heterocycles. The van der Waals surface area contributed by atoms with E-state index in [0.717, 1.165) is 6.07 Å². The number of anilines is 1. The SMILES string of the molecule is CC(OC(=O)c1ccc(COc2ccccc2)o1)C(=O)Nc1cc([N+](=O)[O-])ccc1Cl. The van der Waals surface area contributed by atoms with Crippen LogP contribution in [0.5, 0.6) is 5.75 Å². The third kappa shape index (κ3) is 5.83. The Labute approximate surface area is 181 Å². The highest BCUT2D eigenvalue weighted by atomic mass is 35.5. The van der Waals surface area contributed by atoms with Gasteiger partial charge in [0.25, 0.3) is 11.6 Å². The van der Waals surface area contributed by atoms with Gasteiger partial charge in [0, 0.05) is 12.1 Å². The standard InChI is InChI=1S/C21H17ClN2O7/c1-13(20(25)23-18-11-14(24(27)28)7-9-17(18)22)30-21(26)19-10-8-16(31-19)12-29-15-5-3-2-4-6-15/h2-11,13H,12H2,1H3,(H,23,25). The monoisotopic (exact) mass is 444 g/mol. The highest BCUT2D eigenvalue weighted by molar-refractivity contribution is 6.33. The number of carbonyl (C=O) groups is 2. The average Bonchev–Trinajstić information content (AvgIpc) is 3.23. The van der Waals surface area contributed by atoms with Crippen molar-refractivity contribution in [1.29, 1.82) is 0 Å². The van der Waals surface area contributed by atoms with Gasteiger partial charge in [-0.2, -0.15) is 0 Å². The van der Waals surface area contributed by atoms with E-state index in [1.165, 1.54) is 25.1 Å². The second-order valence-electron chi connectivity index (χ2n) is 6.33. The molecule has 0 saturated carbocycles. The van der Waals surface area contributed by atoms with Gasteiger partial charge in [-0.1, -0.05) is 29.8 Å². The van der Waals surface area contributed by atoms with Crippen molar-refractivity contribution in [1.82, 2.24) is 0 Å². The minimum absolute atomic E-state index is 0.0297. The molecule has 0 bridgehead atoms. The van der Waals surface area contributed by atoms with Gasteiger partial charge in [-0.05, 0) is 37.3 Å². The molecule has 0 fully saturated rings. The summed E-state index contributed by atoms with van der Waals surface area (Å²) in [5, 5.41) is 13.4. The normalized spacial score (nSPS) is 11.4. The molecule has 9 nitrogen and oxygen atoms in total. The summed E-state index contributed by atoms with van der Waals surface area (Å²) in [5.74, 6) is -0.613. The number of nitrogens with zero attached hydrogens (tertiary/aromatic N) is 1. The highest BCUT2D eigenvalue weighted by Gasteiger charge is 2.22. The Hall–Kier alpha value is -3.85. The molecule has 3 aromatic rings. The summed E-state index contributed by atoms with van der Waals surface area (Å²) in [5.41, 5.74) is -0.215. The maximum atomic E-state index is 12.3. The number of esters is 1. The molecule has 0 aliphatic carbocycles. The fraction of sp³-hybridized carbons (Fsp3) is 0.143. The molecule has 10 heteroatoms. The summed E-state index contributed by atoms with van der Waals surface area (Å²) in [4.78, 5) is 34.8. The number of hydrogen-bond donors (Lipinski definition) is 1. The molecular formula is C21H17ClN2O7. The van der Waals surface area contributed by atoms with Crippen molar-refractivity contribution in [3.8, 4) is 5.75 Å². The molecule has 2 aromatic carbocycles. The number of amides is 1. The summed E-state index contributed by atoms with van der Waals surface area (Å²) in [6.45, 7) is 1.46. The summed E-state index contributed by atoms with van der Waals surface area (Å²) in [6.07, 6.45) is -1.21. The Morgan fingerprint density at radius 3 is 2.61 bits per heavy atom. The van der Waals surface area contributed by atoms with Crippen molar-refractivity contribution in [2.75, 3.05) is 5.32 Å². The molecule has 1 unspecified atom stereocenters. The summed E-state index contributed by atoms with van der Waals surface area (Å²) >= 11 is 5.96. The van der Waals surface area contributed by atoms with E-state index >= 15 is 0 Å². The number of nitrogens with one attached hydrogen (secondary N) is 1. The van der Waals surface area contributed by atoms with Crippen LogP contribution < -0.4 is 10.1 Å². The third-order valence-electron chi connectivity index (χ3n) is 4.06. The van der Waals surface area contributed by atoms with E-state index in [1.54, 1.807) is 18.2 Å². The number of furan rings is 1. The number of hydrogen-bond acceptors (Lipinski definition) is 7. The van der Waals surface area contributed by atoms with Gasteiger partial charge in [0.1, 0.15) is 18.1 Å². The first-order valence-corrected chi connectivity index (χ1v) is 9.43. The minimum Gasteiger partial charge on any atom is -0.486 e. The lowest BCUT2D eigenvalue weighted by Crippen LogP contribution is -2.30. The van der Waals surface area contributed by atoms with Gasteiger partial charge >= 0.3 is 5.97 Å². The van der Waals surface area contributed by atoms with Crippen molar-refractivity contribution < 1.29 is 28.4 Å². The number of para-hydroxylation sites is 1. The maximum Gasteiger partial charge on any atom is 0.375 e. The minimum atomic E-state index is -1.21. The quantitative estimate of drug-likeness (QED) is 0.306. The first kappa shape index (κ1) is 21.8. The van der Waals surface area contributed by atoms with Crippen LogP contribution in [0.1, 0.15) is 23.2 Å². The molecule has 160 valence electrons. The molecule has 0 aliphatic heterocycles. The predicted octanol–water partition coefficient (Wildman–Crippen LogP) is 4.60. The first-order valence-electron chi connectivity index (χ1n) is 9.06. The zero-order chi connectivity index (χ0) is 22.4. The summed E-state index contributed by atoms with van der Waals surface area (Å²) in [7, 11) is 0. The zero-order valence-corrected chi connectivity index (χ0v) is 17.0. The number of nitro benzene ring substituents is 1. The molecule has 0 aliphatic rings. The van der Waals surface area contributed by atoms with E-state index in [9.17, 15) is 19.7 Å². The molecule has 1 amide bonds. The number of halogens is 1. The van der Waals surface area contributed by atoms with E-state index in [-0.39, 0.29) is 28.8 Å². The van der Waals surface area contributed by atoms with Crippen molar-refractivity contribution in [2.45, 2.75) is 19.6 Å². The molecule has 0 radical (unpaired) electrons. The van der Waals surface area contributed by atoms with Gasteiger partial charge in [0.2, 0.25) is 5.76 Å². The van der Waals surface area contributed by atoms with Crippen molar-refractivity contribution in [2.24, 2.45) is 0 Å². The zero-order valence-electron chi connectivity index (χ0n) is 16.2. The van der Waals surface area contributed by atoms with Crippen LogP contribution in [0.25, 0.3) is 0 Å². The van der Waals surface area contributed by atoms with Crippen LogP contribution in [-0.2, 0) is 16.1 Å². The van der Waals surface area contributed by atoms with Crippen LogP contribution in [0.2, 0.25) is 5.02 Å². The second-order valence-corrected chi connectivity index (χ2v) is 6.73. The largest absolute Gasteiger partial charge is 0.486 e. The number of rotatable bonds is 8. The van der Waals surface area contributed by atoms with E-state index in [0.29, 0.717) is 11.5 Å². The van der Waals surface area contributed by atoms with Crippen LogP contribution >= 0.6 is 11.6 Å². The van der Waals surface area contributed by atoms with Gasteiger partial charge < -0.3 is 19.2 Å². The van der Waals surface area contributed by atoms with Crippen molar-refractivity contribution in [3.63, 3.8) is 0 Å². The van der Waals surface area contributed by atoms with E-state index in [1.807, 2.05) is 18.2 Å². The van der Waals surface area contributed by atoms with Gasteiger partial charge in [-0.15, -0.1) is 0 Å². The molecule has 1 heterocycles. The number of nitro groups is 1. The number of benzene rings is 2. The Bertz CT molecular complexity index is 1100. The lowest BCUT2D eigenvalue weighted by Gasteiger charge is -2.13. The Kier molecular flexibility index (Phi) is 6.88. The van der Waals surface area contributed by atoms with Crippen LogP contribution in [-0.4, -0.2) is 22.9 Å². The van der Waals surface area contributed by atoms with Crippen molar-refractivity contribution >= 4 is 34.9 Å². The molecule has 0 spiro atoms. The fourth-order valence-electron chi connectivity index (χ4n) is 2.47. The van der Waals surface area contributed by atoms with Crippen LogP contribution in [0.15, 0.2) is 65.1 Å². The molecule has 31 heavy (non-hydrogen) atoms. The smallest absolute Gasteiger partial charge is 0.375 e. The van der Waals surface area contributed by atoms with Crippen LogP contribution in [0.3, 0.4) is 0 Å². The third-order valence-corrected chi connectivity index (χ3v) is 4.39. The Balaban J connectivity index is 1.56. The summed E-state index contributed by atoms with van der Waals surface area (Å²) < 4.78 is 16.0. The fourth-order valence-corrected chi connectivity index (χ4v) is 2.63. The number of carbonyl (C=O) groups excluding carboxylic acids is 2. The first-order chi connectivity index (χ1) is 14.8. The number of non-ortho nitro benzene ring substituents is 1. The Morgan fingerprint density at radius 2 is 1.90 bits per heavy atom. The predicted molar refractivity (Wildman–Crippen MR) is 111 cm³/mol. The second kappa shape index (κ2) is 9.77. The average molecular weight is 445 g/mol. The van der Waals surface area contributed by atoms with Gasteiger partial charge in [-0.3, -0.25) is 14.9 Å². The topological polar surface area (TPSA) is 121 Å². The summed E-state index contributed by atoms with van der Waals surface area (Å²) in [6, 6.07) is 15.7. The van der Waals surface area contributed by atoms with Crippen LogP contribution in [0.4, 0.5) is 11.4 Å². The van der Waals surface area contributed by atoms with Crippen LogP contribution in [0, 0.1) is 10.1 Å². The van der Waals surface area contributed by atoms with Gasteiger partial charge in [0.05, 0.1) is 15.6 Å². The highest BCUT2D eigenvalue weighted by Crippen LogP contribution is 2.27. The molecule has 0 saturated heterocycles. The number of ether oxygens (including phenoxy) is 2. The van der Waals surface area contributed by atoms with Gasteiger partial charge in [0.15, 0.2) is 6.10 Å². The van der Waals surface area contributed by atoms with Crippen molar-refractivity contribution in [3.05, 3.63) is 87.3 Å². The van der Waals surface area contributed by atoms with E-state index < -0.39 is 22.9 Å². The maximum absolute atomic E-state index is 12.3. The molecule has 3 rings (SSSR count). The molecule has 1 N–H and O–H groups in total. The molecule has 1 atom stereocenters. The molecular weight excluding hydrogens is 428 g/mol.